The SMILES string of the molecule is CC(=O)OC(C)(C)C.CCC/C(C)=C(\CC)c1cc(C(C)=O)ccc1C.CCCC(C)CCC.CCc1ccc(C(N)=O)cc1. The molecule has 0 bridgehead atoms. The second-order valence-electron chi connectivity index (χ2n) is 12.8. The van der Waals surface area contributed by atoms with Crippen molar-refractivity contribution in [2.45, 2.75) is 147 Å². The van der Waals surface area contributed by atoms with Crippen molar-refractivity contribution in [2.75, 3.05) is 0 Å². The van der Waals surface area contributed by atoms with Crippen molar-refractivity contribution in [3.8, 4) is 0 Å². The first kappa shape index (κ1) is 43.9. The first-order valence-electron chi connectivity index (χ1n) is 16.9. The number of benzene rings is 2. The van der Waals surface area contributed by atoms with Crippen molar-refractivity contribution in [1.29, 1.82) is 0 Å². The number of rotatable bonds is 11. The van der Waals surface area contributed by atoms with Gasteiger partial charge in [-0.1, -0.05) is 103 Å². The Morgan fingerprint density at radius 2 is 1.31 bits per heavy atom. The van der Waals surface area contributed by atoms with Crippen LogP contribution < -0.4 is 5.73 Å². The lowest BCUT2D eigenvalue weighted by Crippen LogP contribution is -2.21. The lowest BCUT2D eigenvalue weighted by molar-refractivity contribution is -0.151. The molecule has 0 heterocycles. The molecule has 2 rings (SSSR count). The van der Waals surface area contributed by atoms with Gasteiger partial charge in [0.2, 0.25) is 5.91 Å². The van der Waals surface area contributed by atoms with Crippen LogP contribution in [0, 0.1) is 12.8 Å². The Labute approximate surface area is 276 Å². The zero-order valence-electron chi connectivity index (χ0n) is 31.0. The molecular formula is C40H65NO4. The summed E-state index contributed by atoms with van der Waals surface area (Å²) in [6, 6.07) is 13.4. The quantitative estimate of drug-likeness (QED) is 0.199. The van der Waals surface area contributed by atoms with E-state index in [0.29, 0.717) is 5.56 Å². The third-order valence-electron chi connectivity index (χ3n) is 7.12. The summed E-state index contributed by atoms with van der Waals surface area (Å²) >= 11 is 0. The molecule has 0 aliphatic heterocycles. The standard InChI is InChI=1S/C17H24O.C9H11NO.C8H18.C6H12O2/c1-6-8-12(3)16(7-2)17-11-15(14(5)18)10-9-13(17)4;1-2-7-3-5-8(6-4-7)9(10)11;1-4-6-8(3)7-5-2;1-5(7)8-6(2,3)4/h9-11H,6-8H2,1-5H3;3-6H,2H2,1H3,(H2,10,11);8H,4-7H2,1-3H3;1-4H3/b16-12+;;;. The fourth-order valence-corrected chi connectivity index (χ4v) is 4.88. The lowest BCUT2D eigenvalue weighted by Gasteiger charge is -2.17. The van der Waals surface area contributed by atoms with Crippen LogP contribution in [0.3, 0.4) is 0 Å². The minimum atomic E-state index is -0.368. The summed E-state index contributed by atoms with van der Waals surface area (Å²) in [5.41, 5.74) is 12.7. The first-order chi connectivity index (χ1) is 21.0. The number of nitrogens with two attached hydrogens (primary N) is 1. The number of hydrogen-bond acceptors (Lipinski definition) is 4. The predicted molar refractivity (Wildman–Crippen MR) is 194 cm³/mol. The third-order valence-corrected chi connectivity index (χ3v) is 7.12. The molecular weight excluding hydrogens is 558 g/mol. The van der Waals surface area contributed by atoms with Gasteiger partial charge in [-0.3, -0.25) is 14.4 Å². The van der Waals surface area contributed by atoms with Gasteiger partial charge < -0.3 is 10.5 Å². The number of allylic oxidation sites excluding steroid dienone is 2. The number of amides is 1. The maximum Gasteiger partial charge on any atom is 0.303 e. The van der Waals surface area contributed by atoms with Gasteiger partial charge >= 0.3 is 5.97 Å². The number of ketones is 1. The zero-order chi connectivity index (χ0) is 35.2. The van der Waals surface area contributed by atoms with Crippen molar-refractivity contribution < 1.29 is 19.1 Å². The Morgan fingerprint density at radius 3 is 1.64 bits per heavy atom. The van der Waals surface area contributed by atoms with Crippen LogP contribution in [0.1, 0.15) is 165 Å². The van der Waals surface area contributed by atoms with Gasteiger partial charge in [-0.2, -0.15) is 0 Å². The molecule has 45 heavy (non-hydrogen) atoms. The number of carbonyl (C=O) groups excluding carboxylic acids is 3. The van der Waals surface area contributed by atoms with E-state index in [9.17, 15) is 14.4 Å². The van der Waals surface area contributed by atoms with E-state index in [-0.39, 0.29) is 23.3 Å². The van der Waals surface area contributed by atoms with Crippen LogP contribution in [0.15, 0.2) is 48.0 Å². The number of aryl methyl sites for hydroxylation is 2. The van der Waals surface area contributed by atoms with E-state index in [2.05, 4.69) is 67.5 Å². The van der Waals surface area contributed by atoms with E-state index in [0.717, 1.165) is 30.7 Å². The fraction of sp³-hybridized carbons (Fsp3) is 0.575. The third kappa shape index (κ3) is 21.2. The van der Waals surface area contributed by atoms with Gasteiger partial charge in [0.15, 0.2) is 5.78 Å². The molecule has 0 aliphatic rings. The Balaban J connectivity index is 0. The summed E-state index contributed by atoms with van der Waals surface area (Å²) in [6.07, 6.45) is 9.82. The molecule has 0 aliphatic carbocycles. The van der Waals surface area contributed by atoms with E-state index in [1.807, 2.05) is 39.0 Å². The molecule has 0 atom stereocenters. The molecule has 0 radical (unpaired) electrons. The van der Waals surface area contributed by atoms with E-state index in [1.54, 1.807) is 19.1 Å². The first-order valence-corrected chi connectivity index (χ1v) is 16.9. The van der Waals surface area contributed by atoms with Crippen molar-refractivity contribution in [2.24, 2.45) is 11.7 Å². The van der Waals surface area contributed by atoms with Gasteiger partial charge in [0.25, 0.3) is 0 Å². The average Bonchev–Trinajstić information content (AvgIpc) is 2.94. The highest BCUT2D eigenvalue weighted by molar-refractivity contribution is 5.95. The molecule has 5 nitrogen and oxygen atoms in total. The van der Waals surface area contributed by atoms with Crippen LogP contribution >= 0.6 is 0 Å². The number of hydrogen-bond donors (Lipinski definition) is 1. The van der Waals surface area contributed by atoms with Crippen molar-refractivity contribution >= 4 is 23.2 Å². The number of ether oxygens (including phenoxy) is 1. The van der Waals surface area contributed by atoms with Gasteiger partial charge in [0.05, 0.1) is 0 Å². The second-order valence-corrected chi connectivity index (χ2v) is 12.8. The van der Waals surface area contributed by atoms with Crippen molar-refractivity contribution in [3.05, 3.63) is 75.9 Å². The van der Waals surface area contributed by atoms with Crippen LogP contribution in [-0.4, -0.2) is 23.3 Å². The molecule has 1 amide bonds. The molecule has 0 saturated carbocycles. The summed E-state index contributed by atoms with van der Waals surface area (Å²) in [4.78, 5) is 32.4. The summed E-state index contributed by atoms with van der Waals surface area (Å²) in [6.45, 7) is 26.2. The van der Waals surface area contributed by atoms with Crippen LogP contribution in [0.25, 0.3) is 5.57 Å². The molecule has 0 unspecified atom stereocenters. The molecule has 0 fully saturated rings. The minimum absolute atomic E-state index is 0.139. The Morgan fingerprint density at radius 1 is 0.800 bits per heavy atom. The summed E-state index contributed by atoms with van der Waals surface area (Å²) in [5, 5.41) is 0. The smallest absolute Gasteiger partial charge is 0.303 e. The van der Waals surface area contributed by atoms with E-state index < -0.39 is 0 Å². The monoisotopic (exact) mass is 623 g/mol. The van der Waals surface area contributed by atoms with E-state index in [4.69, 9.17) is 10.5 Å². The Hall–Kier alpha value is -3.21. The fourth-order valence-electron chi connectivity index (χ4n) is 4.88. The summed E-state index contributed by atoms with van der Waals surface area (Å²) < 4.78 is 4.80. The molecule has 0 saturated heterocycles. The molecule has 0 spiro atoms. The maximum absolute atomic E-state index is 11.5. The zero-order valence-corrected chi connectivity index (χ0v) is 31.0. The van der Waals surface area contributed by atoms with Crippen LogP contribution in [0.4, 0.5) is 0 Å². The molecule has 5 heteroatoms. The molecule has 2 N–H and O–H groups in total. The normalized spacial score (nSPS) is 11.1. The van der Waals surface area contributed by atoms with Gasteiger partial charge in [-0.05, 0) is 107 Å². The van der Waals surface area contributed by atoms with Gasteiger partial charge in [0.1, 0.15) is 5.60 Å². The van der Waals surface area contributed by atoms with Crippen molar-refractivity contribution in [1.82, 2.24) is 0 Å². The summed E-state index contributed by atoms with van der Waals surface area (Å²) in [5.74, 6) is 0.509. The van der Waals surface area contributed by atoms with Crippen molar-refractivity contribution in [3.63, 3.8) is 0 Å². The highest BCUT2D eigenvalue weighted by Gasteiger charge is 2.12. The number of primary amides is 1. The minimum Gasteiger partial charge on any atom is -0.460 e. The number of carbonyl (C=O) groups is 3. The Kier molecular flexibility index (Phi) is 23.5. The van der Waals surface area contributed by atoms with E-state index in [1.165, 1.54) is 66.9 Å². The highest BCUT2D eigenvalue weighted by atomic mass is 16.6. The highest BCUT2D eigenvalue weighted by Crippen LogP contribution is 2.28. The van der Waals surface area contributed by atoms with Gasteiger partial charge in [0, 0.05) is 18.1 Å². The Bertz CT molecular complexity index is 1160. The molecule has 2 aromatic carbocycles. The second kappa shape index (κ2) is 24.1. The van der Waals surface area contributed by atoms with E-state index >= 15 is 0 Å². The van der Waals surface area contributed by atoms with Crippen LogP contribution in [0.5, 0.6) is 0 Å². The largest absolute Gasteiger partial charge is 0.460 e. The summed E-state index contributed by atoms with van der Waals surface area (Å²) in [7, 11) is 0. The lowest BCUT2D eigenvalue weighted by atomic mass is 9.91. The molecule has 254 valence electrons. The van der Waals surface area contributed by atoms with Crippen LogP contribution in [0.2, 0.25) is 0 Å². The maximum atomic E-state index is 11.5. The topological polar surface area (TPSA) is 86.5 Å². The molecule has 0 aromatic heterocycles. The predicted octanol–water partition coefficient (Wildman–Crippen LogP) is 11.1. The number of Topliss-reactive ketones (excluding diaryl/α,β-unsaturated/α-hetero) is 1. The number of esters is 1. The molecule has 2 aromatic rings. The van der Waals surface area contributed by atoms with Gasteiger partial charge in [-0.25, -0.2) is 0 Å². The van der Waals surface area contributed by atoms with Gasteiger partial charge in [-0.15, -0.1) is 0 Å². The average molecular weight is 624 g/mol. The van der Waals surface area contributed by atoms with Crippen LogP contribution in [-0.2, 0) is 16.0 Å².